The minimum absolute atomic E-state index is 0.320. The molecular weight excluding hydrogens is 281 g/mol. The van der Waals surface area contributed by atoms with Gasteiger partial charge >= 0.3 is 0 Å². The van der Waals surface area contributed by atoms with E-state index in [9.17, 15) is 4.39 Å². The van der Waals surface area contributed by atoms with Crippen molar-refractivity contribution in [3.05, 3.63) is 23.0 Å². The average molecular weight is 296 g/mol. The Morgan fingerprint density at radius 1 is 1.35 bits per heavy atom. The van der Waals surface area contributed by atoms with Gasteiger partial charge in [-0.2, -0.15) is 0 Å². The molecule has 6 heteroatoms. The first-order valence-electron chi connectivity index (χ1n) is 6.94. The minimum atomic E-state index is -0.391. The first-order chi connectivity index (χ1) is 9.70. The van der Waals surface area contributed by atoms with Crippen LogP contribution in [0.25, 0.3) is 11.0 Å². The van der Waals surface area contributed by atoms with E-state index in [4.69, 9.17) is 16.1 Å². The van der Waals surface area contributed by atoms with Crippen LogP contribution in [0.4, 0.5) is 10.2 Å². The summed E-state index contributed by atoms with van der Waals surface area (Å²) >= 11 is 5.82. The number of aromatic nitrogens is 1. The number of nitrogens with zero attached hydrogens (tertiary/aromatic N) is 2. The molecule has 2 bridgehead atoms. The topological polar surface area (TPSA) is 41.3 Å². The quantitative estimate of drug-likeness (QED) is 0.924. The number of rotatable bonds is 2. The molecule has 3 fully saturated rings. The molecule has 0 amide bonds. The van der Waals surface area contributed by atoms with Gasteiger partial charge in [0.1, 0.15) is 11.2 Å². The maximum Gasteiger partial charge on any atom is 0.180 e. The lowest BCUT2D eigenvalue weighted by Crippen LogP contribution is -2.53. The van der Waals surface area contributed by atoms with Crippen molar-refractivity contribution in [1.29, 1.82) is 0 Å². The van der Waals surface area contributed by atoms with E-state index >= 15 is 0 Å². The molecule has 0 radical (unpaired) electrons. The summed E-state index contributed by atoms with van der Waals surface area (Å²) in [6.45, 7) is 3.34. The van der Waals surface area contributed by atoms with Crippen LogP contribution in [0, 0.1) is 11.7 Å². The lowest BCUT2D eigenvalue weighted by atomic mass is 9.84. The van der Waals surface area contributed by atoms with Gasteiger partial charge in [-0.1, -0.05) is 16.8 Å². The van der Waals surface area contributed by atoms with Crippen molar-refractivity contribution in [3.63, 3.8) is 0 Å². The van der Waals surface area contributed by atoms with Crippen LogP contribution in [0.3, 0.4) is 0 Å². The standard InChI is InChI=1S/C14H15ClFN3O/c15-9-5-10(16)13-12(6-9)20-18-14(13)17-11-7-19-3-1-8(11)2-4-19/h5-6,8,11H,1-4,7H2,(H,17,18). The minimum Gasteiger partial charge on any atom is -0.362 e. The van der Waals surface area contributed by atoms with E-state index in [1.807, 2.05) is 0 Å². The summed E-state index contributed by atoms with van der Waals surface area (Å²) in [6.07, 6.45) is 2.39. The number of benzene rings is 1. The lowest BCUT2D eigenvalue weighted by molar-refractivity contribution is 0.0973. The predicted molar refractivity (Wildman–Crippen MR) is 75.6 cm³/mol. The third kappa shape index (κ3) is 1.96. The summed E-state index contributed by atoms with van der Waals surface area (Å²) in [6, 6.07) is 3.21. The first kappa shape index (κ1) is 12.4. The molecule has 0 saturated carbocycles. The Balaban J connectivity index is 1.66. The number of nitrogens with one attached hydrogen (secondary N) is 1. The molecule has 1 unspecified atom stereocenters. The third-order valence-electron chi connectivity index (χ3n) is 4.47. The van der Waals surface area contributed by atoms with Crippen molar-refractivity contribution in [2.75, 3.05) is 25.0 Å². The zero-order valence-corrected chi connectivity index (χ0v) is 11.7. The van der Waals surface area contributed by atoms with Crippen LogP contribution in [0.1, 0.15) is 12.8 Å². The zero-order valence-electron chi connectivity index (χ0n) is 10.9. The summed E-state index contributed by atoms with van der Waals surface area (Å²) in [5.41, 5.74) is 0.388. The van der Waals surface area contributed by atoms with Gasteiger partial charge in [-0.05, 0) is 37.9 Å². The number of hydrogen-bond acceptors (Lipinski definition) is 4. The van der Waals surface area contributed by atoms with E-state index in [1.165, 1.54) is 32.0 Å². The summed E-state index contributed by atoms with van der Waals surface area (Å²) in [5, 5.41) is 8.05. The molecule has 2 aromatic rings. The molecular formula is C14H15ClFN3O. The van der Waals surface area contributed by atoms with Crippen LogP contribution in [-0.2, 0) is 0 Å². The molecule has 5 rings (SSSR count). The Labute approximate surface area is 120 Å². The number of piperidine rings is 3. The summed E-state index contributed by atoms with van der Waals surface area (Å²) < 4.78 is 19.2. The second-order valence-electron chi connectivity index (χ2n) is 5.68. The zero-order chi connectivity index (χ0) is 13.7. The van der Waals surface area contributed by atoms with Crippen LogP contribution in [-0.4, -0.2) is 35.7 Å². The van der Waals surface area contributed by atoms with Crippen LogP contribution < -0.4 is 5.32 Å². The van der Waals surface area contributed by atoms with Crippen molar-refractivity contribution in [3.8, 4) is 0 Å². The average Bonchev–Trinajstić information content (AvgIpc) is 2.83. The highest BCUT2D eigenvalue weighted by Crippen LogP contribution is 2.33. The molecule has 3 saturated heterocycles. The molecule has 1 N–H and O–H groups in total. The van der Waals surface area contributed by atoms with Gasteiger partial charge in [0.25, 0.3) is 0 Å². The molecule has 1 aromatic heterocycles. The van der Waals surface area contributed by atoms with Crippen LogP contribution in [0.5, 0.6) is 0 Å². The normalized spacial score (nSPS) is 29.0. The maximum absolute atomic E-state index is 14.0. The molecule has 106 valence electrons. The van der Waals surface area contributed by atoms with E-state index in [1.54, 1.807) is 6.07 Å². The van der Waals surface area contributed by atoms with E-state index in [2.05, 4.69) is 15.4 Å². The predicted octanol–water partition coefficient (Wildman–Crippen LogP) is 3.13. The van der Waals surface area contributed by atoms with Gasteiger partial charge in [0, 0.05) is 23.7 Å². The molecule has 0 aliphatic carbocycles. The van der Waals surface area contributed by atoms with Crippen molar-refractivity contribution in [2.24, 2.45) is 5.92 Å². The smallest absolute Gasteiger partial charge is 0.180 e. The number of hydrogen-bond donors (Lipinski definition) is 1. The SMILES string of the molecule is Fc1cc(Cl)cc2onc(NC3CN4CCC3CC4)c12. The highest BCUT2D eigenvalue weighted by Gasteiger charge is 2.34. The second kappa shape index (κ2) is 4.60. The van der Waals surface area contributed by atoms with Gasteiger partial charge in [-0.3, -0.25) is 0 Å². The van der Waals surface area contributed by atoms with Crippen molar-refractivity contribution >= 4 is 28.4 Å². The number of fused-ring (bicyclic) bond motifs is 4. The summed E-state index contributed by atoms with van der Waals surface area (Å²) in [7, 11) is 0. The van der Waals surface area contributed by atoms with Crippen LogP contribution in [0.2, 0.25) is 5.02 Å². The van der Waals surface area contributed by atoms with Crippen molar-refractivity contribution < 1.29 is 8.91 Å². The van der Waals surface area contributed by atoms with Gasteiger partial charge in [0.15, 0.2) is 11.4 Å². The Bertz CT molecular complexity index is 651. The largest absolute Gasteiger partial charge is 0.362 e. The van der Waals surface area contributed by atoms with E-state index in [0.29, 0.717) is 33.8 Å². The summed E-state index contributed by atoms with van der Waals surface area (Å²) in [5.74, 6) is 0.743. The van der Waals surface area contributed by atoms with Gasteiger partial charge in [0.2, 0.25) is 0 Å². The van der Waals surface area contributed by atoms with E-state index in [0.717, 1.165) is 6.54 Å². The molecule has 4 nitrogen and oxygen atoms in total. The van der Waals surface area contributed by atoms with E-state index in [-0.39, 0.29) is 0 Å². The number of halogens is 2. The van der Waals surface area contributed by atoms with Crippen molar-refractivity contribution in [2.45, 2.75) is 18.9 Å². The van der Waals surface area contributed by atoms with E-state index < -0.39 is 5.82 Å². The highest BCUT2D eigenvalue weighted by molar-refractivity contribution is 6.31. The molecule has 20 heavy (non-hydrogen) atoms. The van der Waals surface area contributed by atoms with Crippen LogP contribution >= 0.6 is 11.6 Å². The fourth-order valence-electron chi connectivity index (χ4n) is 3.40. The molecule has 1 atom stereocenters. The van der Waals surface area contributed by atoms with Gasteiger partial charge in [-0.15, -0.1) is 0 Å². The van der Waals surface area contributed by atoms with Crippen LogP contribution in [0.15, 0.2) is 16.7 Å². The summed E-state index contributed by atoms with van der Waals surface area (Å²) in [4.78, 5) is 2.44. The molecule has 4 heterocycles. The lowest BCUT2D eigenvalue weighted by Gasteiger charge is -2.44. The Hall–Kier alpha value is -1.33. The Morgan fingerprint density at radius 3 is 2.85 bits per heavy atom. The highest BCUT2D eigenvalue weighted by atomic mass is 35.5. The monoisotopic (exact) mass is 295 g/mol. The van der Waals surface area contributed by atoms with Crippen molar-refractivity contribution in [1.82, 2.24) is 10.1 Å². The molecule has 1 aromatic carbocycles. The maximum atomic E-state index is 14.0. The van der Waals surface area contributed by atoms with Gasteiger partial charge < -0.3 is 14.7 Å². The second-order valence-corrected chi connectivity index (χ2v) is 6.12. The fourth-order valence-corrected chi connectivity index (χ4v) is 3.59. The van der Waals surface area contributed by atoms with Gasteiger partial charge in [-0.25, -0.2) is 4.39 Å². The third-order valence-corrected chi connectivity index (χ3v) is 4.69. The molecule has 0 spiro atoms. The van der Waals surface area contributed by atoms with Gasteiger partial charge in [0.05, 0.1) is 0 Å². The Morgan fingerprint density at radius 2 is 2.15 bits per heavy atom. The molecule has 3 aliphatic heterocycles. The fraction of sp³-hybridized carbons (Fsp3) is 0.500. The molecule has 3 aliphatic rings. The Kier molecular flexibility index (Phi) is 2.86. The number of anilines is 1. The first-order valence-corrected chi connectivity index (χ1v) is 7.32.